The molecule has 0 bridgehead atoms. The molecule has 1 aromatic carbocycles. The van der Waals surface area contributed by atoms with Crippen LogP contribution in [0.15, 0.2) is 36.7 Å². The fourth-order valence-electron chi connectivity index (χ4n) is 3.82. The Morgan fingerprint density at radius 2 is 1.88 bits per heavy atom. The summed E-state index contributed by atoms with van der Waals surface area (Å²) in [6.45, 7) is 8.37. The highest BCUT2D eigenvalue weighted by Crippen LogP contribution is 2.32. The van der Waals surface area contributed by atoms with Gasteiger partial charge in [-0.05, 0) is 51.3 Å². The van der Waals surface area contributed by atoms with Crippen molar-refractivity contribution in [3.63, 3.8) is 0 Å². The summed E-state index contributed by atoms with van der Waals surface area (Å²) in [6.07, 6.45) is 4.07. The monoisotopic (exact) mass is 335 g/mol. The molecule has 5 heteroatoms. The lowest BCUT2D eigenvalue weighted by molar-refractivity contribution is 0.490. The summed E-state index contributed by atoms with van der Waals surface area (Å²) in [7, 11) is 0. The van der Waals surface area contributed by atoms with Gasteiger partial charge in [0.05, 0.1) is 23.4 Å². The number of imidazole rings is 1. The van der Waals surface area contributed by atoms with Crippen LogP contribution < -0.4 is 4.90 Å². The molecule has 0 amide bonds. The van der Waals surface area contributed by atoms with E-state index in [1.807, 2.05) is 6.33 Å². The van der Waals surface area contributed by atoms with Crippen molar-refractivity contribution in [2.24, 2.45) is 0 Å². The summed E-state index contributed by atoms with van der Waals surface area (Å²) < 4.78 is 2.09. The molecule has 0 unspecified atom stereocenters. The van der Waals surface area contributed by atoms with E-state index < -0.39 is 0 Å². The standard InChI is InChI=1S/C20H25N5/c1-14-5-4-6-18(11-14)25-19(12-15(2)23-25)24-9-7-17(8-10-24)20-16(3)21-13-22-20/h4-6,11-13,17H,7-10H2,1-3H3,(H,21,22). The van der Waals surface area contributed by atoms with Crippen LogP contribution in [0, 0.1) is 20.8 Å². The van der Waals surface area contributed by atoms with Crippen molar-refractivity contribution in [2.45, 2.75) is 39.5 Å². The molecule has 0 spiro atoms. The molecule has 1 fully saturated rings. The Balaban J connectivity index is 1.57. The van der Waals surface area contributed by atoms with Crippen LogP contribution in [0.5, 0.6) is 0 Å². The number of benzene rings is 1. The lowest BCUT2D eigenvalue weighted by atomic mass is 9.92. The van der Waals surface area contributed by atoms with E-state index in [2.05, 4.69) is 70.7 Å². The number of aromatic nitrogens is 4. The van der Waals surface area contributed by atoms with Crippen molar-refractivity contribution >= 4 is 5.82 Å². The van der Waals surface area contributed by atoms with Gasteiger partial charge in [0.2, 0.25) is 0 Å². The first kappa shape index (κ1) is 15.9. The van der Waals surface area contributed by atoms with Crippen molar-refractivity contribution < 1.29 is 0 Å². The lowest BCUT2D eigenvalue weighted by Crippen LogP contribution is -2.34. The quantitative estimate of drug-likeness (QED) is 0.789. The van der Waals surface area contributed by atoms with E-state index in [4.69, 9.17) is 5.10 Å². The highest BCUT2D eigenvalue weighted by atomic mass is 15.4. The van der Waals surface area contributed by atoms with Crippen molar-refractivity contribution in [2.75, 3.05) is 18.0 Å². The molecule has 0 saturated carbocycles. The Labute approximate surface area is 148 Å². The van der Waals surface area contributed by atoms with Crippen LogP contribution in [0.3, 0.4) is 0 Å². The zero-order valence-electron chi connectivity index (χ0n) is 15.2. The van der Waals surface area contributed by atoms with Crippen LogP contribution in [-0.4, -0.2) is 32.8 Å². The van der Waals surface area contributed by atoms with Crippen molar-refractivity contribution in [1.29, 1.82) is 0 Å². The van der Waals surface area contributed by atoms with E-state index in [1.54, 1.807) is 0 Å². The summed E-state index contributed by atoms with van der Waals surface area (Å²) in [4.78, 5) is 10.2. The second-order valence-electron chi connectivity index (χ2n) is 7.07. The molecule has 0 radical (unpaired) electrons. The molecule has 0 aliphatic carbocycles. The zero-order chi connectivity index (χ0) is 17.4. The molecular weight excluding hydrogens is 310 g/mol. The first-order valence-corrected chi connectivity index (χ1v) is 9.00. The third kappa shape index (κ3) is 3.06. The third-order valence-electron chi connectivity index (χ3n) is 5.13. The van der Waals surface area contributed by atoms with Crippen LogP contribution in [0.2, 0.25) is 0 Å². The Hall–Kier alpha value is -2.56. The third-order valence-corrected chi connectivity index (χ3v) is 5.13. The van der Waals surface area contributed by atoms with Gasteiger partial charge in [-0.15, -0.1) is 0 Å². The van der Waals surface area contributed by atoms with Crippen molar-refractivity contribution in [1.82, 2.24) is 19.7 Å². The number of nitrogens with zero attached hydrogens (tertiary/aromatic N) is 4. The van der Waals surface area contributed by atoms with Gasteiger partial charge in [0.1, 0.15) is 5.82 Å². The van der Waals surface area contributed by atoms with E-state index in [0.29, 0.717) is 5.92 Å². The number of hydrogen-bond donors (Lipinski definition) is 1. The number of hydrogen-bond acceptors (Lipinski definition) is 3. The van der Waals surface area contributed by atoms with E-state index >= 15 is 0 Å². The number of piperidine rings is 1. The minimum absolute atomic E-state index is 0.555. The van der Waals surface area contributed by atoms with Gasteiger partial charge in [-0.25, -0.2) is 9.67 Å². The summed E-state index contributed by atoms with van der Waals surface area (Å²) in [5, 5.41) is 4.74. The molecule has 25 heavy (non-hydrogen) atoms. The van der Waals surface area contributed by atoms with Gasteiger partial charge in [-0.1, -0.05) is 12.1 Å². The summed E-state index contributed by atoms with van der Waals surface area (Å²) in [5.41, 5.74) is 5.89. The van der Waals surface area contributed by atoms with E-state index in [0.717, 1.165) is 37.3 Å². The van der Waals surface area contributed by atoms with E-state index in [9.17, 15) is 0 Å². The fraction of sp³-hybridized carbons (Fsp3) is 0.400. The number of anilines is 1. The van der Waals surface area contributed by atoms with Gasteiger partial charge in [-0.2, -0.15) is 5.10 Å². The highest BCUT2D eigenvalue weighted by Gasteiger charge is 2.25. The minimum atomic E-state index is 0.555. The van der Waals surface area contributed by atoms with Crippen molar-refractivity contribution in [3.05, 3.63) is 59.3 Å². The average Bonchev–Trinajstić information content (AvgIpc) is 3.21. The smallest absolute Gasteiger partial charge is 0.132 e. The Kier molecular flexibility index (Phi) is 4.07. The Morgan fingerprint density at radius 3 is 2.56 bits per heavy atom. The summed E-state index contributed by atoms with van der Waals surface area (Å²) >= 11 is 0. The molecule has 5 nitrogen and oxygen atoms in total. The SMILES string of the molecule is Cc1cccc(-n2nc(C)cc2N2CCC(c3nc[nH]c3C)CC2)c1. The number of aromatic amines is 1. The van der Waals surface area contributed by atoms with Gasteiger partial charge in [0, 0.05) is 30.8 Å². The second kappa shape index (κ2) is 6.39. The van der Waals surface area contributed by atoms with Gasteiger partial charge in [-0.3, -0.25) is 0 Å². The number of nitrogens with one attached hydrogen (secondary N) is 1. The van der Waals surface area contributed by atoms with Crippen LogP contribution in [0.25, 0.3) is 5.69 Å². The van der Waals surface area contributed by atoms with Gasteiger partial charge < -0.3 is 9.88 Å². The second-order valence-corrected chi connectivity index (χ2v) is 7.07. The van der Waals surface area contributed by atoms with E-state index in [1.165, 1.54) is 22.8 Å². The van der Waals surface area contributed by atoms with E-state index in [-0.39, 0.29) is 0 Å². The Bertz CT molecular complexity index is 868. The first-order chi connectivity index (χ1) is 12.1. The maximum Gasteiger partial charge on any atom is 0.132 e. The molecule has 3 heterocycles. The molecule has 130 valence electrons. The van der Waals surface area contributed by atoms with Gasteiger partial charge in [0.25, 0.3) is 0 Å². The zero-order valence-corrected chi connectivity index (χ0v) is 15.2. The Morgan fingerprint density at radius 1 is 1.08 bits per heavy atom. The highest BCUT2D eigenvalue weighted by molar-refractivity contribution is 5.49. The predicted molar refractivity (Wildman–Crippen MR) is 101 cm³/mol. The molecule has 2 aromatic heterocycles. The number of rotatable bonds is 3. The molecule has 1 aliphatic heterocycles. The maximum atomic E-state index is 4.74. The van der Waals surface area contributed by atoms with Gasteiger partial charge in [0.15, 0.2) is 0 Å². The van der Waals surface area contributed by atoms with Crippen LogP contribution in [-0.2, 0) is 0 Å². The normalized spacial score (nSPS) is 15.7. The van der Waals surface area contributed by atoms with Crippen LogP contribution >= 0.6 is 0 Å². The molecule has 0 atom stereocenters. The molecule has 1 aliphatic rings. The molecule has 3 aromatic rings. The lowest BCUT2D eigenvalue weighted by Gasteiger charge is -2.33. The molecular formula is C20H25N5. The maximum absolute atomic E-state index is 4.74. The molecule has 1 N–H and O–H groups in total. The minimum Gasteiger partial charge on any atom is -0.356 e. The fourth-order valence-corrected chi connectivity index (χ4v) is 3.82. The van der Waals surface area contributed by atoms with Crippen LogP contribution in [0.1, 0.15) is 41.4 Å². The van der Waals surface area contributed by atoms with Gasteiger partial charge >= 0.3 is 0 Å². The van der Waals surface area contributed by atoms with Crippen molar-refractivity contribution in [3.8, 4) is 5.69 Å². The topological polar surface area (TPSA) is 49.7 Å². The first-order valence-electron chi connectivity index (χ1n) is 9.00. The number of aryl methyl sites for hydroxylation is 3. The van der Waals surface area contributed by atoms with Crippen LogP contribution in [0.4, 0.5) is 5.82 Å². The molecule has 4 rings (SSSR count). The largest absolute Gasteiger partial charge is 0.356 e. The molecule has 1 saturated heterocycles. The number of H-pyrrole nitrogens is 1. The summed E-state index contributed by atoms with van der Waals surface area (Å²) in [5.74, 6) is 1.75. The summed E-state index contributed by atoms with van der Waals surface area (Å²) in [6, 6.07) is 10.7. The predicted octanol–water partition coefficient (Wildman–Crippen LogP) is 3.90. The average molecular weight is 335 g/mol.